The molecule has 7 nitrogen and oxygen atoms in total. The number of hydrogen-bond acceptors (Lipinski definition) is 7. The summed E-state index contributed by atoms with van der Waals surface area (Å²) in [6, 6.07) is 1.75. The third-order valence-corrected chi connectivity index (χ3v) is 2.08. The van der Waals surface area contributed by atoms with E-state index in [1.165, 1.54) is 6.26 Å². The van der Waals surface area contributed by atoms with Crippen LogP contribution in [0.5, 0.6) is 0 Å². The topological polar surface area (TPSA) is 80.0 Å². The lowest BCUT2D eigenvalue weighted by Gasteiger charge is -2.11. The maximum Gasteiger partial charge on any atom is 0.230 e. The highest BCUT2D eigenvalue weighted by molar-refractivity contribution is 6.28. The van der Waals surface area contributed by atoms with E-state index in [-0.39, 0.29) is 5.28 Å². The van der Waals surface area contributed by atoms with Gasteiger partial charge in [-0.15, -0.1) is 0 Å². The molecule has 2 aromatic heterocycles. The lowest BCUT2D eigenvalue weighted by atomic mass is 10.4. The van der Waals surface area contributed by atoms with Gasteiger partial charge in [0.15, 0.2) is 0 Å². The third-order valence-electron chi connectivity index (χ3n) is 1.92. The lowest BCUT2D eigenvalue weighted by Crippen LogP contribution is -2.15. The van der Waals surface area contributed by atoms with Crippen LogP contribution in [0.15, 0.2) is 16.9 Å². The molecule has 0 spiro atoms. The summed E-state index contributed by atoms with van der Waals surface area (Å²) in [4.78, 5) is 13.9. The summed E-state index contributed by atoms with van der Waals surface area (Å²) in [6.45, 7) is 0.462. The van der Waals surface area contributed by atoms with Crippen molar-refractivity contribution in [1.29, 1.82) is 0 Å². The van der Waals surface area contributed by atoms with Crippen LogP contribution in [-0.4, -0.2) is 34.2 Å². The van der Waals surface area contributed by atoms with Gasteiger partial charge < -0.3 is 14.7 Å². The van der Waals surface area contributed by atoms with Crippen LogP contribution in [-0.2, 0) is 6.54 Å². The van der Waals surface area contributed by atoms with Crippen molar-refractivity contribution in [1.82, 2.24) is 20.1 Å². The number of aromatic nitrogens is 4. The van der Waals surface area contributed by atoms with Crippen molar-refractivity contribution in [3.8, 4) is 0 Å². The molecule has 17 heavy (non-hydrogen) atoms. The molecule has 1 N–H and O–H groups in total. The molecule has 0 aromatic carbocycles. The van der Waals surface area contributed by atoms with Gasteiger partial charge in [-0.25, -0.2) is 0 Å². The minimum atomic E-state index is 0.145. The Balaban J connectivity index is 2.10. The largest absolute Gasteiger partial charge is 0.364 e. The molecule has 0 saturated carbocycles. The van der Waals surface area contributed by atoms with Gasteiger partial charge in [0.25, 0.3) is 0 Å². The predicted molar refractivity (Wildman–Crippen MR) is 63.0 cm³/mol. The lowest BCUT2D eigenvalue weighted by molar-refractivity contribution is 0.412. The molecule has 0 bridgehead atoms. The first kappa shape index (κ1) is 11.6. The van der Waals surface area contributed by atoms with Crippen LogP contribution in [0, 0.1) is 0 Å². The molecule has 0 atom stereocenters. The summed E-state index contributed by atoms with van der Waals surface area (Å²) in [6.07, 6.45) is 1.50. The van der Waals surface area contributed by atoms with E-state index in [0.29, 0.717) is 18.4 Å². The SMILES string of the molecule is CN(C)c1nc(Cl)nc(NCc2ccon2)n1. The Morgan fingerprint density at radius 1 is 1.35 bits per heavy atom. The fraction of sp³-hybridized carbons (Fsp3) is 0.333. The second kappa shape index (κ2) is 4.96. The minimum Gasteiger partial charge on any atom is -0.364 e. The summed E-state index contributed by atoms with van der Waals surface area (Å²) in [7, 11) is 3.65. The molecule has 0 aliphatic carbocycles. The number of anilines is 2. The fourth-order valence-corrected chi connectivity index (χ4v) is 1.27. The summed E-state index contributed by atoms with van der Waals surface area (Å²) >= 11 is 5.79. The molecule has 0 unspecified atom stereocenters. The molecule has 0 aliphatic heterocycles. The maximum absolute atomic E-state index is 5.79. The smallest absolute Gasteiger partial charge is 0.230 e. The van der Waals surface area contributed by atoms with E-state index in [9.17, 15) is 0 Å². The van der Waals surface area contributed by atoms with E-state index in [0.717, 1.165) is 5.69 Å². The van der Waals surface area contributed by atoms with Gasteiger partial charge in [-0.05, 0) is 11.6 Å². The summed E-state index contributed by atoms with van der Waals surface area (Å²) in [5.41, 5.74) is 0.757. The van der Waals surface area contributed by atoms with Crippen molar-refractivity contribution in [2.45, 2.75) is 6.54 Å². The van der Waals surface area contributed by atoms with Crippen LogP contribution < -0.4 is 10.2 Å². The molecule has 2 heterocycles. The molecule has 2 aromatic rings. The molecule has 8 heteroatoms. The average molecular weight is 255 g/mol. The molecule has 0 amide bonds. The normalized spacial score (nSPS) is 10.3. The van der Waals surface area contributed by atoms with E-state index in [1.807, 2.05) is 14.1 Å². The Kier molecular flexibility index (Phi) is 3.38. The van der Waals surface area contributed by atoms with Crippen LogP contribution >= 0.6 is 11.6 Å². The van der Waals surface area contributed by atoms with Gasteiger partial charge in [0.1, 0.15) is 12.0 Å². The molecule has 0 aliphatic rings. The summed E-state index contributed by atoms with van der Waals surface area (Å²) in [5.74, 6) is 0.893. The fourth-order valence-electron chi connectivity index (χ4n) is 1.12. The van der Waals surface area contributed by atoms with Gasteiger partial charge in [0.2, 0.25) is 17.2 Å². The Morgan fingerprint density at radius 2 is 2.18 bits per heavy atom. The van der Waals surface area contributed by atoms with E-state index >= 15 is 0 Å². The van der Waals surface area contributed by atoms with Crippen LogP contribution in [0.3, 0.4) is 0 Å². The van der Waals surface area contributed by atoms with Crippen LogP contribution in [0.25, 0.3) is 0 Å². The van der Waals surface area contributed by atoms with E-state index < -0.39 is 0 Å². The Morgan fingerprint density at radius 3 is 2.82 bits per heavy atom. The second-order valence-electron chi connectivity index (χ2n) is 3.47. The van der Waals surface area contributed by atoms with Crippen molar-refractivity contribution < 1.29 is 4.52 Å². The molecule has 0 saturated heterocycles. The average Bonchev–Trinajstić information content (AvgIpc) is 2.78. The predicted octanol–water partition coefficient (Wildman–Crippen LogP) is 1.19. The van der Waals surface area contributed by atoms with Gasteiger partial charge in [0.05, 0.1) is 6.54 Å². The van der Waals surface area contributed by atoms with Crippen molar-refractivity contribution in [3.63, 3.8) is 0 Å². The van der Waals surface area contributed by atoms with Crippen molar-refractivity contribution in [3.05, 3.63) is 23.3 Å². The first-order chi connectivity index (χ1) is 8.15. The van der Waals surface area contributed by atoms with Crippen molar-refractivity contribution in [2.75, 3.05) is 24.3 Å². The Labute approximate surface area is 103 Å². The van der Waals surface area contributed by atoms with Crippen molar-refractivity contribution >= 4 is 23.5 Å². The minimum absolute atomic E-state index is 0.145. The monoisotopic (exact) mass is 254 g/mol. The highest BCUT2D eigenvalue weighted by Crippen LogP contribution is 2.11. The molecular formula is C9H11ClN6O. The highest BCUT2D eigenvalue weighted by atomic mass is 35.5. The Hall–Kier alpha value is -1.89. The number of nitrogens with one attached hydrogen (secondary N) is 1. The first-order valence-corrected chi connectivity index (χ1v) is 5.25. The second-order valence-corrected chi connectivity index (χ2v) is 3.80. The summed E-state index contributed by atoms with van der Waals surface area (Å²) < 4.78 is 4.71. The van der Waals surface area contributed by atoms with Crippen LogP contribution in [0.4, 0.5) is 11.9 Å². The zero-order valence-corrected chi connectivity index (χ0v) is 10.1. The van der Waals surface area contributed by atoms with Gasteiger partial charge >= 0.3 is 0 Å². The first-order valence-electron chi connectivity index (χ1n) is 4.87. The quantitative estimate of drug-likeness (QED) is 0.878. The van der Waals surface area contributed by atoms with E-state index in [2.05, 4.69) is 25.4 Å². The van der Waals surface area contributed by atoms with Gasteiger partial charge in [-0.3, -0.25) is 0 Å². The third kappa shape index (κ3) is 3.04. The molecule has 0 fully saturated rings. The molecule has 90 valence electrons. The zero-order chi connectivity index (χ0) is 12.3. The maximum atomic E-state index is 5.79. The van der Waals surface area contributed by atoms with E-state index in [1.54, 1.807) is 11.0 Å². The van der Waals surface area contributed by atoms with E-state index in [4.69, 9.17) is 16.1 Å². The summed E-state index contributed by atoms with van der Waals surface area (Å²) in [5, 5.41) is 6.89. The van der Waals surface area contributed by atoms with Gasteiger partial charge in [0, 0.05) is 20.2 Å². The number of hydrogen-bond donors (Lipinski definition) is 1. The standard InChI is InChI=1S/C9H11ClN6O/c1-16(2)9-13-7(10)12-8(14-9)11-5-6-3-4-17-15-6/h3-4H,5H2,1-2H3,(H,11,12,13,14). The molecule has 0 radical (unpaired) electrons. The number of nitrogens with zero attached hydrogens (tertiary/aromatic N) is 5. The van der Waals surface area contributed by atoms with Crippen molar-refractivity contribution in [2.24, 2.45) is 0 Å². The number of rotatable bonds is 4. The van der Waals surface area contributed by atoms with Gasteiger partial charge in [-0.1, -0.05) is 5.16 Å². The van der Waals surface area contributed by atoms with Crippen LogP contribution in [0.1, 0.15) is 5.69 Å². The van der Waals surface area contributed by atoms with Crippen LogP contribution in [0.2, 0.25) is 5.28 Å². The highest BCUT2D eigenvalue weighted by Gasteiger charge is 2.06. The molecular weight excluding hydrogens is 244 g/mol. The number of halogens is 1. The molecule has 2 rings (SSSR count). The Bertz CT molecular complexity index is 486. The van der Waals surface area contributed by atoms with Gasteiger partial charge in [-0.2, -0.15) is 15.0 Å². The zero-order valence-electron chi connectivity index (χ0n) is 9.38.